The molecule has 1 aromatic heterocycles. The average Bonchev–Trinajstić information content (AvgIpc) is 2.86. The van der Waals surface area contributed by atoms with Gasteiger partial charge in [0.1, 0.15) is 5.82 Å². The zero-order chi connectivity index (χ0) is 14.5. The fourth-order valence-corrected chi connectivity index (χ4v) is 2.06. The fourth-order valence-electron chi connectivity index (χ4n) is 1.75. The molecule has 0 bridgehead atoms. The predicted molar refractivity (Wildman–Crippen MR) is 74.9 cm³/mol. The van der Waals surface area contributed by atoms with Gasteiger partial charge in [0.05, 0.1) is 6.10 Å². The number of halogens is 2. The highest BCUT2D eigenvalue weighted by molar-refractivity contribution is 9.10. The molecule has 0 saturated heterocycles. The van der Waals surface area contributed by atoms with Gasteiger partial charge in [-0.15, -0.1) is 0 Å². The molecule has 2 aromatic rings. The molecule has 1 heterocycles. The van der Waals surface area contributed by atoms with Crippen LogP contribution in [0.15, 0.2) is 45.5 Å². The van der Waals surface area contributed by atoms with E-state index in [1.54, 1.807) is 24.3 Å². The van der Waals surface area contributed by atoms with Crippen LogP contribution in [0, 0.1) is 5.82 Å². The molecule has 0 aliphatic rings. The van der Waals surface area contributed by atoms with Crippen LogP contribution in [0.3, 0.4) is 0 Å². The van der Waals surface area contributed by atoms with Crippen molar-refractivity contribution in [3.63, 3.8) is 0 Å². The van der Waals surface area contributed by atoms with E-state index in [1.807, 2.05) is 0 Å². The lowest BCUT2D eigenvalue weighted by Crippen LogP contribution is -2.28. The molecule has 2 rings (SSSR count). The first-order valence-corrected chi connectivity index (χ1v) is 6.71. The second-order valence-electron chi connectivity index (χ2n) is 4.09. The highest BCUT2D eigenvalue weighted by atomic mass is 79.9. The Morgan fingerprint density at radius 2 is 2.25 bits per heavy atom. The van der Waals surface area contributed by atoms with Crippen LogP contribution in [0.4, 0.5) is 4.39 Å². The van der Waals surface area contributed by atoms with Crippen molar-refractivity contribution in [3.8, 4) is 0 Å². The van der Waals surface area contributed by atoms with E-state index in [0.29, 0.717) is 10.2 Å². The fraction of sp³-hybridized carbons (Fsp3) is 0.214. The van der Waals surface area contributed by atoms with Crippen molar-refractivity contribution in [1.29, 1.82) is 0 Å². The smallest absolute Gasteiger partial charge is 0.287 e. The van der Waals surface area contributed by atoms with Gasteiger partial charge in [-0.1, -0.05) is 12.1 Å². The Morgan fingerprint density at radius 1 is 1.45 bits per heavy atom. The maximum Gasteiger partial charge on any atom is 0.287 e. The standard InChI is InChI=1S/C14H13BrFNO3/c1-19-12(9-3-2-4-10(16)7-9)8-17-14(18)11-5-6-13(15)20-11/h2-7,12H,8H2,1H3,(H,17,18)/t12-/m1/s1. The number of hydrogen-bond acceptors (Lipinski definition) is 3. The molecule has 4 nitrogen and oxygen atoms in total. The molecule has 1 aromatic carbocycles. The van der Waals surface area contributed by atoms with E-state index in [-0.39, 0.29) is 24.0 Å². The summed E-state index contributed by atoms with van der Waals surface area (Å²) in [6.07, 6.45) is -0.423. The zero-order valence-electron chi connectivity index (χ0n) is 10.7. The third kappa shape index (κ3) is 3.68. The number of hydrogen-bond donors (Lipinski definition) is 1. The molecule has 0 aliphatic heterocycles. The summed E-state index contributed by atoms with van der Waals surface area (Å²) >= 11 is 3.13. The first-order valence-electron chi connectivity index (χ1n) is 5.92. The van der Waals surface area contributed by atoms with E-state index < -0.39 is 6.10 Å². The molecule has 6 heteroatoms. The maximum atomic E-state index is 13.2. The van der Waals surface area contributed by atoms with Gasteiger partial charge < -0.3 is 14.5 Å². The monoisotopic (exact) mass is 341 g/mol. The molecule has 0 unspecified atom stereocenters. The van der Waals surface area contributed by atoms with E-state index >= 15 is 0 Å². The van der Waals surface area contributed by atoms with Crippen molar-refractivity contribution in [2.75, 3.05) is 13.7 Å². The molecule has 0 radical (unpaired) electrons. The lowest BCUT2D eigenvalue weighted by molar-refractivity contribution is 0.0805. The number of furan rings is 1. The Labute approximate surface area is 124 Å². The number of ether oxygens (including phenoxy) is 1. The Hall–Kier alpha value is -1.66. The van der Waals surface area contributed by atoms with Gasteiger partial charge in [-0.25, -0.2) is 4.39 Å². The van der Waals surface area contributed by atoms with Gasteiger partial charge >= 0.3 is 0 Å². The Morgan fingerprint density at radius 3 is 2.85 bits per heavy atom. The van der Waals surface area contributed by atoms with Gasteiger partial charge in [-0.2, -0.15) is 0 Å². The minimum atomic E-state index is -0.423. The average molecular weight is 342 g/mol. The highest BCUT2D eigenvalue weighted by Gasteiger charge is 2.15. The number of benzene rings is 1. The van der Waals surface area contributed by atoms with Crippen LogP contribution in [0.25, 0.3) is 0 Å². The van der Waals surface area contributed by atoms with E-state index in [9.17, 15) is 9.18 Å². The summed E-state index contributed by atoms with van der Waals surface area (Å²) in [7, 11) is 1.51. The van der Waals surface area contributed by atoms with Crippen molar-refractivity contribution in [2.45, 2.75) is 6.10 Å². The third-order valence-corrected chi connectivity index (χ3v) is 3.18. The molecule has 1 amide bonds. The summed E-state index contributed by atoms with van der Waals surface area (Å²) in [4.78, 5) is 11.8. The number of nitrogens with one attached hydrogen (secondary N) is 1. The number of rotatable bonds is 5. The number of carbonyl (C=O) groups excluding carboxylic acids is 1. The second-order valence-corrected chi connectivity index (χ2v) is 4.87. The molecular formula is C14H13BrFNO3. The zero-order valence-corrected chi connectivity index (χ0v) is 12.3. The lowest BCUT2D eigenvalue weighted by Gasteiger charge is -2.16. The largest absolute Gasteiger partial charge is 0.444 e. The van der Waals surface area contributed by atoms with Gasteiger partial charge in [0.2, 0.25) is 0 Å². The minimum Gasteiger partial charge on any atom is -0.444 e. The Bertz CT molecular complexity index is 600. The molecule has 106 valence electrons. The molecule has 0 spiro atoms. The van der Waals surface area contributed by atoms with Gasteiger partial charge in [-0.05, 0) is 45.8 Å². The van der Waals surface area contributed by atoms with Crippen LogP contribution >= 0.6 is 15.9 Å². The number of carbonyl (C=O) groups is 1. The normalized spacial score (nSPS) is 12.2. The summed E-state index contributed by atoms with van der Waals surface area (Å²) in [5, 5.41) is 2.68. The second kappa shape index (κ2) is 6.67. The van der Waals surface area contributed by atoms with Crippen LogP contribution in [0.2, 0.25) is 0 Å². The van der Waals surface area contributed by atoms with Crippen molar-refractivity contribution in [3.05, 3.63) is 58.2 Å². The van der Waals surface area contributed by atoms with Crippen LogP contribution in [0.5, 0.6) is 0 Å². The van der Waals surface area contributed by atoms with Crippen LogP contribution < -0.4 is 5.32 Å². The molecular weight excluding hydrogens is 329 g/mol. The van der Waals surface area contributed by atoms with Crippen LogP contribution in [0.1, 0.15) is 22.2 Å². The molecule has 0 fully saturated rings. The third-order valence-electron chi connectivity index (χ3n) is 2.75. The summed E-state index contributed by atoms with van der Waals surface area (Å²) < 4.78 is 24.1. The Balaban J connectivity index is 1.99. The van der Waals surface area contributed by atoms with Gasteiger partial charge in [-0.3, -0.25) is 4.79 Å². The quantitative estimate of drug-likeness (QED) is 0.907. The molecule has 20 heavy (non-hydrogen) atoms. The maximum absolute atomic E-state index is 13.2. The molecule has 1 N–H and O–H groups in total. The Kier molecular flexibility index (Phi) is 4.92. The van der Waals surface area contributed by atoms with Crippen LogP contribution in [-0.2, 0) is 4.74 Å². The lowest BCUT2D eigenvalue weighted by atomic mass is 10.1. The van der Waals surface area contributed by atoms with Crippen molar-refractivity contribution in [1.82, 2.24) is 5.32 Å². The topological polar surface area (TPSA) is 51.5 Å². The molecule has 1 atom stereocenters. The van der Waals surface area contributed by atoms with E-state index in [1.165, 1.54) is 19.2 Å². The van der Waals surface area contributed by atoms with Crippen molar-refractivity contribution >= 4 is 21.8 Å². The van der Waals surface area contributed by atoms with Crippen molar-refractivity contribution in [2.24, 2.45) is 0 Å². The van der Waals surface area contributed by atoms with E-state index in [2.05, 4.69) is 21.2 Å². The minimum absolute atomic E-state index is 0.200. The number of methoxy groups -OCH3 is 1. The van der Waals surface area contributed by atoms with Crippen molar-refractivity contribution < 1.29 is 18.3 Å². The molecule has 0 saturated carbocycles. The summed E-state index contributed by atoms with van der Waals surface area (Å²) in [5.74, 6) is -0.494. The summed E-state index contributed by atoms with van der Waals surface area (Å²) in [6.45, 7) is 0.219. The van der Waals surface area contributed by atoms with Crippen LogP contribution in [-0.4, -0.2) is 19.6 Å². The van der Waals surface area contributed by atoms with E-state index in [0.717, 1.165) is 0 Å². The van der Waals surface area contributed by atoms with Gasteiger partial charge in [0, 0.05) is 13.7 Å². The molecule has 0 aliphatic carbocycles. The predicted octanol–water partition coefficient (Wildman–Crippen LogP) is 3.30. The highest BCUT2D eigenvalue weighted by Crippen LogP contribution is 2.17. The van der Waals surface area contributed by atoms with E-state index in [4.69, 9.17) is 9.15 Å². The first-order chi connectivity index (χ1) is 9.60. The summed E-state index contributed by atoms with van der Waals surface area (Å²) in [5.41, 5.74) is 0.661. The number of amides is 1. The van der Waals surface area contributed by atoms with Gasteiger partial charge in [0.15, 0.2) is 10.4 Å². The summed E-state index contributed by atoms with van der Waals surface area (Å²) in [6, 6.07) is 9.27. The first kappa shape index (κ1) is 14.7. The van der Waals surface area contributed by atoms with Gasteiger partial charge in [0.25, 0.3) is 5.91 Å². The SMILES string of the molecule is CO[C@H](CNC(=O)c1ccc(Br)o1)c1cccc(F)c1.